The zero-order chi connectivity index (χ0) is 38.9. The highest BCUT2D eigenvalue weighted by Crippen LogP contribution is 2.30. The first-order chi connectivity index (χ1) is 24.0. The Kier molecular flexibility index (Phi) is 35.7. The van der Waals surface area contributed by atoms with Crippen LogP contribution < -0.4 is 15.4 Å². The van der Waals surface area contributed by atoms with E-state index in [9.17, 15) is 4.79 Å². The molecule has 0 spiro atoms. The van der Waals surface area contributed by atoms with Crippen LogP contribution in [-0.4, -0.2) is 74.4 Å². The average Bonchev–Trinajstić information content (AvgIpc) is 3.12. The van der Waals surface area contributed by atoms with Gasteiger partial charge in [0.25, 0.3) is 5.91 Å². The minimum absolute atomic E-state index is 0.158. The van der Waals surface area contributed by atoms with Gasteiger partial charge in [0.1, 0.15) is 12.5 Å². The van der Waals surface area contributed by atoms with Crippen LogP contribution in [-0.2, 0) is 16.0 Å². The highest BCUT2D eigenvalue weighted by atomic mass is 16.5. The van der Waals surface area contributed by atoms with Crippen molar-refractivity contribution in [3.63, 3.8) is 0 Å². The minimum Gasteiger partial charge on any atom is -0.493 e. The molecule has 0 aromatic heterocycles. The number of benzene rings is 1. The summed E-state index contributed by atoms with van der Waals surface area (Å²) in [5.41, 5.74) is 5.94. The standard InChI is InChI=1S/C25H38N2O2.C8H18N2O.2C4H10.CH2O/c1-8-12-20-14-15-23(29-11-4)21(16-20)24(17(5)10-3)27-25(28)19(7)18(6)22(26)13-9-2;1-10-6-8(7-10)9-4-2-3-5-11;2*1-3-4-2;1-2/h14-16,26H,8-13H2,1-7H3,(H,27,28);8-9,11H,2-7H2,1H3;2*3-4H2,1-2H3;1H2/b19-18+,24-17?,26-22?;;;;. The summed E-state index contributed by atoms with van der Waals surface area (Å²) in [5.74, 6) is 0.627. The van der Waals surface area contributed by atoms with Gasteiger partial charge in [-0.1, -0.05) is 93.1 Å². The quantitative estimate of drug-likeness (QED) is 0.0688. The molecule has 0 radical (unpaired) electrons. The number of nitrogens with one attached hydrogen (secondary N) is 3. The molecule has 1 aliphatic heterocycles. The number of likely N-dealkylation sites (N-methyl/N-ethyl adjacent to an activating group) is 1. The summed E-state index contributed by atoms with van der Waals surface area (Å²) in [6.45, 7) is 29.0. The lowest BCUT2D eigenvalue weighted by Gasteiger charge is -2.36. The summed E-state index contributed by atoms with van der Waals surface area (Å²) in [6.07, 6.45) is 11.7. The largest absolute Gasteiger partial charge is 0.493 e. The van der Waals surface area contributed by atoms with Crippen molar-refractivity contribution in [3.8, 4) is 5.75 Å². The van der Waals surface area contributed by atoms with Gasteiger partial charge >= 0.3 is 0 Å². The van der Waals surface area contributed by atoms with Gasteiger partial charge < -0.3 is 35.6 Å². The van der Waals surface area contributed by atoms with Crippen LogP contribution in [0.3, 0.4) is 0 Å². The summed E-state index contributed by atoms with van der Waals surface area (Å²) in [6, 6.07) is 6.94. The topological polar surface area (TPSA) is 115 Å². The Bertz CT molecular complexity index is 1070. The molecule has 290 valence electrons. The number of likely N-dealkylation sites (tertiary alicyclic amines) is 1. The fourth-order valence-corrected chi connectivity index (χ4v) is 4.49. The highest BCUT2D eigenvalue weighted by Gasteiger charge is 2.21. The van der Waals surface area contributed by atoms with Crippen molar-refractivity contribution < 1.29 is 19.4 Å². The van der Waals surface area contributed by atoms with Crippen LogP contribution in [0, 0.1) is 5.41 Å². The molecule has 0 unspecified atom stereocenters. The number of carbonyl (C=O) groups excluding carboxylic acids is 2. The second kappa shape index (κ2) is 34.6. The second-order valence-electron chi connectivity index (χ2n) is 12.8. The number of unbranched alkanes of at least 4 members (excludes halogenated alkanes) is 3. The Morgan fingerprint density at radius 2 is 1.48 bits per heavy atom. The molecule has 1 amide bonds. The predicted octanol–water partition coefficient (Wildman–Crippen LogP) is 9.54. The van der Waals surface area contributed by atoms with Crippen molar-refractivity contribution in [2.75, 3.05) is 39.9 Å². The van der Waals surface area contributed by atoms with Crippen LogP contribution in [0.1, 0.15) is 151 Å². The molecular formula is C42H78N4O4. The number of aryl methyl sites for hydroxylation is 1. The molecule has 1 heterocycles. The van der Waals surface area contributed by atoms with E-state index in [-0.39, 0.29) is 5.91 Å². The number of ether oxygens (including phenoxy) is 1. The SMILES string of the molecule is C=O.CCCC.CCCC.CCCC(=N)/C(C)=C(\C)C(=O)NC(=C(C)CC)c1cc(CCC)ccc1OCC.CN1CC(NCCCCO)C1. The van der Waals surface area contributed by atoms with Crippen molar-refractivity contribution in [1.29, 1.82) is 5.41 Å². The lowest BCUT2D eigenvalue weighted by Crippen LogP contribution is -2.56. The van der Waals surface area contributed by atoms with E-state index in [0.29, 0.717) is 37.0 Å². The van der Waals surface area contributed by atoms with E-state index >= 15 is 0 Å². The lowest BCUT2D eigenvalue weighted by atomic mass is 9.98. The molecule has 1 saturated heterocycles. The number of nitrogens with zero attached hydrogens (tertiary/aromatic N) is 1. The van der Waals surface area contributed by atoms with Crippen LogP contribution >= 0.6 is 0 Å². The Balaban J connectivity index is -0.000000853. The maximum absolute atomic E-state index is 13.0. The number of carbonyl (C=O) groups is 2. The van der Waals surface area contributed by atoms with E-state index in [4.69, 9.17) is 20.0 Å². The normalized spacial score (nSPS) is 13.1. The fraction of sp³-hybridized carbons (Fsp3) is 0.690. The summed E-state index contributed by atoms with van der Waals surface area (Å²) < 4.78 is 5.87. The Morgan fingerprint density at radius 1 is 0.900 bits per heavy atom. The summed E-state index contributed by atoms with van der Waals surface area (Å²) >= 11 is 0. The van der Waals surface area contributed by atoms with Crippen molar-refractivity contribution in [2.24, 2.45) is 0 Å². The third-order valence-electron chi connectivity index (χ3n) is 8.29. The van der Waals surface area contributed by atoms with Crippen LogP contribution in [0.4, 0.5) is 0 Å². The molecule has 50 heavy (non-hydrogen) atoms. The van der Waals surface area contributed by atoms with E-state index in [1.54, 1.807) is 6.92 Å². The van der Waals surface area contributed by atoms with Crippen molar-refractivity contribution >= 4 is 24.1 Å². The van der Waals surface area contributed by atoms with E-state index in [1.165, 1.54) is 44.3 Å². The Labute approximate surface area is 308 Å². The van der Waals surface area contributed by atoms with E-state index < -0.39 is 0 Å². The van der Waals surface area contributed by atoms with E-state index in [1.807, 2.05) is 40.6 Å². The van der Waals surface area contributed by atoms with Gasteiger partial charge in [-0.25, -0.2) is 0 Å². The highest BCUT2D eigenvalue weighted by molar-refractivity contribution is 6.08. The zero-order valence-corrected chi connectivity index (χ0v) is 34.4. The van der Waals surface area contributed by atoms with Crippen LogP contribution in [0.5, 0.6) is 5.75 Å². The predicted molar refractivity (Wildman–Crippen MR) is 218 cm³/mol. The smallest absolute Gasteiger partial charge is 0.251 e. The maximum Gasteiger partial charge on any atom is 0.251 e. The molecule has 2 rings (SSSR count). The molecule has 8 nitrogen and oxygen atoms in total. The molecule has 0 bridgehead atoms. The zero-order valence-electron chi connectivity index (χ0n) is 34.4. The molecule has 4 N–H and O–H groups in total. The van der Waals surface area contributed by atoms with Gasteiger partial charge in [-0.3, -0.25) is 4.79 Å². The molecule has 1 fully saturated rings. The van der Waals surface area contributed by atoms with Crippen LogP contribution in [0.2, 0.25) is 0 Å². The first-order valence-corrected chi connectivity index (χ1v) is 19.3. The molecule has 0 atom stereocenters. The van der Waals surface area contributed by atoms with Gasteiger partial charge in [0, 0.05) is 42.6 Å². The van der Waals surface area contributed by atoms with Crippen LogP contribution in [0.15, 0.2) is 34.9 Å². The van der Waals surface area contributed by atoms with Gasteiger partial charge in [0.15, 0.2) is 0 Å². The monoisotopic (exact) mass is 703 g/mol. The van der Waals surface area contributed by atoms with Gasteiger partial charge in [-0.15, -0.1) is 0 Å². The number of allylic oxidation sites excluding steroid dienone is 2. The second-order valence-corrected chi connectivity index (χ2v) is 12.8. The van der Waals surface area contributed by atoms with Crippen LogP contribution in [0.25, 0.3) is 5.70 Å². The molecular weight excluding hydrogens is 624 g/mol. The number of hydrogen-bond acceptors (Lipinski definition) is 7. The average molecular weight is 703 g/mol. The van der Waals surface area contributed by atoms with Gasteiger partial charge in [-0.05, 0) is 102 Å². The third kappa shape index (κ3) is 23.6. The first-order valence-electron chi connectivity index (χ1n) is 19.3. The number of rotatable bonds is 18. The van der Waals surface area contributed by atoms with Crippen molar-refractivity contribution in [3.05, 3.63) is 46.0 Å². The summed E-state index contributed by atoms with van der Waals surface area (Å²) in [5, 5.41) is 23.3. The molecule has 8 heteroatoms. The van der Waals surface area contributed by atoms with Gasteiger partial charge in [0.05, 0.1) is 12.3 Å². The maximum atomic E-state index is 13.0. The number of amides is 1. The third-order valence-corrected chi connectivity index (χ3v) is 8.29. The number of hydrogen-bond donors (Lipinski definition) is 4. The minimum atomic E-state index is -0.158. The van der Waals surface area contributed by atoms with Gasteiger partial charge in [-0.2, -0.15) is 0 Å². The molecule has 0 aliphatic carbocycles. The number of aliphatic hydroxyl groups excluding tert-OH is 1. The van der Waals surface area contributed by atoms with Crippen molar-refractivity contribution in [2.45, 2.75) is 153 Å². The molecule has 1 aromatic rings. The summed E-state index contributed by atoms with van der Waals surface area (Å²) in [4.78, 5) is 23.3. The summed E-state index contributed by atoms with van der Waals surface area (Å²) in [7, 11) is 2.13. The van der Waals surface area contributed by atoms with Gasteiger partial charge in [0.2, 0.25) is 0 Å². The van der Waals surface area contributed by atoms with E-state index in [2.05, 4.69) is 76.3 Å². The van der Waals surface area contributed by atoms with E-state index in [0.717, 1.165) is 73.2 Å². The lowest BCUT2D eigenvalue weighted by molar-refractivity contribution is -0.116. The first kappa shape index (κ1) is 51.6. The Hall–Kier alpha value is -2.81. The van der Waals surface area contributed by atoms with Crippen molar-refractivity contribution in [1.82, 2.24) is 15.5 Å². The Morgan fingerprint density at radius 3 is 1.92 bits per heavy atom. The molecule has 1 aliphatic rings. The molecule has 1 aromatic carbocycles. The fourth-order valence-electron chi connectivity index (χ4n) is 4.49. The number of aliphatic hydroxyl groups is 1. The molecule has 0 saturated carbocycles.